The lowest BCUT2D eigenvalue weighted by atomic mass is 10.0. The van der Waals surface area contributed by atoms with E-state index in [1.807, 2.05) is 4.68 Å². The minimum atomic E-state index is -0.252. The van der Waals surface area contributed by atoms with Crippen molar-refractivity contribution < 1.29 is 14.0 Å². The number of halogens is 1. The van der Waals surface area contributed by atoms with Crippen LogP contribution in [0.25, 0.3) is 10.9 Å². The third-order valence-electron chi connectivity index (χ3n) is 5.98. The van der Waals surface area contributed by atoms with Crippen LogP contribution in [0.2, 0.25) is 0 Å². The number of rotatable bonds is 4. The quantitative estimate of drug-likeness (QED) is 0.640. The fourth-order valence-corrected chi connectivity index (χ4v) is 4.37. The second kappa shape index (κ2) is 7.08. The Morgan fingerprint density at radius 2 is 1.66 bits per heavy atom. The third kappa shape index (κ3) is 3.11. The molecule has 2 amide bonds. The molecule has 3 aromatic rings. The second-order valence-electron chi connectivity index (χ2n) is 7.67. The number of likely N-dealkylation sites (tertiary alicyclic amines) is 1. The lowest BCUT2D eigenvalue weighted by molar-refractivity contribution is 0.0626. The van der Waals surface area contributed by atoms with E-state index in [4.69, 9.17) is 0 Å². The molecule has 0 radical (unpaired) electrons. The van der Waals surface area contributed by atoms with Crippen molar-refractivity contribution in [3.05, 3.63) is 65.6 Å². The van der Waals surface area contributed by atoms with Gasteiger partial charge in [0, 0.05) is 31.6 Å². The molecular weight excluding hydrogens is 371 g/mol. The molecule has 5 rings (SSSR count). The first kappa shape index (κ1) is 18.0. The maximum Gasteiger partial charge on any atom is 0.261 e. The zero-order valence-electron chi connectivity index (χ0n) is 15.9. The first-order chi connectivity index (χ1) is 14.1. The van der Waals surface area contributed by atoms with Gasteiger partial charge in [-0.25, -0.2) is 4.39 Å². The number of piperidine rings is 1. The molecule has 6 nitrogen and oxygen atoms in total. The van der Waals surface area contributed by atoms with Crippen molar-refractivity contribution in [3.8, 4) is 0 Å². The maximum absolute atomic E-state index is 13.6. The average molecular weight is 392 g/mol. The summed E-state index contributed by atoms with van der Waals surface area (Å²) in [6.45, 7) is 2.76. The van der Waals surface area contributed by atoms with Crippen LogP contribution in [0.1, 0.15) is 39.6 Å². The van der Waals surface area contributed by atoms with Crippen LogP contribution < -0.4 is 0 Å². The van der Waals surface area contributed by atoms with E-state index in [-0.39, 0.29) is 23.7 Å². The lowest BCUT2D eigenvalue weighted by Crippen LogP contribution is -2.41. The number of fused-ring (bicyclic) bond motifs is 2. The van der Waals surface area contributed by atoms with Gasteiger partial charge in [-0.15, -0.1) is 0 Å². The van der Waals surface area contributed by atoms with E-state index in [0.29, 0.717) is 24.2 Å². The van der Waals surface area contributed by atoms with Crippen LogP contribution in [0.3, 0.4) is 0 Å². The van der Waals surface area contributed by atoms with Crippen molar-refractivity contribution in [2.45, 2.75) is 18.9 Å². The van der Waals surface area contributed by atoms with Crippen LogP contribution in [-0.2, 0) is 0 Å². The highest BCUT2D eigenvalue weighted by Gasteiger charge is 2.35. The van der Waals surface area contributed by atoms with Gasteiger partial charge in [0.1, 0.15) is 5.82 Å². The Bertz CT molecular complexity index is 1070. The highest BCUT2D eigenvalue weighted by atomic mass is 19.1. The van der Waals surface area contributed by atoms with Crippen LogP contribution in [-0.4, -0.2) is 57.6 Å². The Labute approximate surface area is 167 Å². The van der Waals surface area contributed by atoms with Crippen LogP contribution >= 0.6 is 0 Å². The molecule has 0 bridgehead atoms. The van der Waals surface area contributed by atoms with Gasteiger partial charge < -0.3 is 4.90 Å². The summed E-state index contributed by atoms with van der Waals surface area (Å²) in [5.41, 5.74) is 1.82. The molecule has 1 fully saturated rings. The van der Waals surface area contributed by atoms with E-state index in [1.165, 1.54) is 17.0 Å². The van der Waals surface area contributed by atoms with Gasteiger partial charge in [0.15, 0.2) is 0 Å². The van der Waals surface area contributed by atoms with Gasteiger partial charge in [-0.2, -0.15) is 5.10 Å². The molecule has 1 aromatic heterocycles. The third-order valence-corrected chi connectivity index (χ3v) is 5.98. The van der Waals surface area contributed by atoms with Crippen molar-refractivity contribution >= 4 is 22.7 Å². The smallest absolute Gasteiger partial charge is 0.261 e. The summed E-state index contributed by atoms with van der Waals surface area (Å²) in [4.78, 5) is 28.6. The van der Waals surface area contributed by atoms with Gasteiger partial charge in [0.05, 0.1) is 28.9 Å². The molecule has 0 aliphatic carbocycles. The molecule has 148 valence electrons. The van der Waals surface area contributed by atoms with Gasteiger partial charge in [-0.3, -0.25) is 19.2 Å². The zero-order valence-corrected chi connectivity index (χ0v) is 15.9. The fraction of sp³-hybridized carbons (Fsp3) is 0.318. The molecule has 2 aromatic carbocycles. The van der Waals surface area contributed by atoms with E-state index >= 15 is 0 Å². The van der Waals surface area contributed by atoms with Crippen LogP contribution in [0.4, 0.5) is 4.39 Å². The number of hydrogen-bond donors (Lipinski definition) is 0. The molecule has 2 aliphatic heterocycles. The SMILES string of the molecule is O=C1c2ccccc2C(=O)N1CCN1CCC(n2ncc3ccc(F)cc32)CC1. The largest absolute Gasteiger partial charge is 0.301 e. The minimum Gasteiger partial charge on any atom is -0.301 e. The zero-order chi connectivity index (χ0) is 20.0. The standard InChI is InChI=1S/C22H21FN4O2/c23-16-6-5-15-14-24-27(20(15)13-16)17-7-9-25(10-8-17)11-12-26-21(28)18-3-1-2-4-19(18)22(26)29/h1-6,13-14,17H,7-12H2. The Morgan fingerprint density at radius 1 is 0.966 bits per heavy atom. The fourth-order valence-electron chi connectivity index (χ4n) is 4.37. The number of aromatic nitrogens is 2. The number of carbonyl (C=O) groups is 2. The van der Waals surface area contributed by atoms with Gasteiger partial charge in [0.25, 0.3) is 11.8 Å². The van der Waals surface area contributed by atoms with Gasteiger partial charge in [0.2, 0.25) is 0 Å². The Morgan fingerprint density at radius 3 is 2.34 bits per heavy atom. The molecule has 7 heteroatoms. The summed E-state index contributed by atoms with van der Waals surface area (Å²) in [5.74, 6) is -0.659. The van der Waals surface area contributed by atoms with Crippen LogP contribution in [0.15, 0.2) is 48.7 Å². The predicted octanol–water partition coefficient (Wildman–Crippen LogP) is 3.11. The number of imide groups is 1. The van der Waals surface area contributed by atoms with E-state index in [2.05, 4.69) is 10.00 Å². The molecule has 29 heavy (non-hydrogen) atoms. The molecule has 3 heterocycles. The summed E-state index contributed by atoms with van der Waals surface area (Å²) >= 11 is 0. The number of amides is 2. The van der Waals surface area contributed by atoms with Crippen molar-refractivity contribution in [1.82, 2.24) is 19.6 Å². The maximum atomic E-state index is 13.6. The van der Waals surface area contributed by atoms with Crippen molar-refractivity contribution in [3.63, 3.8) is 0 Å². The van der Waals surface area contributed by atoms with Crippen LogP contribution in [0.5, 0.6) is 0 Å². The highest BCUT2D eigenvalue weighted by molar-refractivity contribution is 6.21. The van der Waals surface area contributed by atoms with Gasteiger partial charge in [-0.05, 0) is 43.2 Å². The first-order valence-corrected chi connectivity index (χ1v) is 9.92. The molecule has 0 unspecified atom stereocenters. The van der Waals surface area contributed by atoms with Gasteiger partial charge >= 0.3 is 0 Å². The predicted molar refractivity (Wildman–Crippen MR) is 106 cm³/mol. The van der Waals surface area contributed by atoms with E-state index in [0.717, 1.165) is 36.8 Å². The summed E-state index contributed by atoms with van der Waals surface area (Å²) in [5, 5.41) is 5.41. The lowest BCUT2D eigenvalue weighted by Gasteiger charge is -2.33. The summed E-state index contributed by atoms with van der Waals surface area (Å²) in [6.07, 6.45) is 3.58. The van der Waals surface area contributed by atoms with Crippen molar-refractivity contribution in [2.75, 3.05) is 26.2 Å². The minimum absolute atomic E-state index is 0.203. The monoisotopic (exact) mass is 392 g/mol. The second-order valence-corrected chi connectivity index (χ2v) is 7.67. The highest BCUT2D eigenvalue weighted by Crippen LogP contribution is 2.27. The Kier molecular flexibility index (Phi) is 4.39. The number of benzene rings is 2. The number of carbonyl (C=O) groups excluding carboxylic acids is 2. The van der Waals surface area contributed by atoms with Crippen molar-refractivity contribution in [2.24, 2.45) is 0 Å². The first-order valence-electron chi connectivity index (χ1n) is 9.92. The average Bonchev–Trinajstić information content (AvgIpc) is 3.26. The number of hydrogen-bond acceptors (Lipinski definition) is 4. The molecule has 0 atom stereocenters. The number of nitrogens with zero attached hydrogens (tertiary/aromatic N) is 4. The molecule has 0 spiro atoms. The van der Waals surface area contributed by atoms with E-state index < -0.39 is 0 Å². The Hall–Kier alpha value is -3.06. The molecule has 0 saturated carbocycles. The van der Waals surface area contributed by atoms with E-state index in [9.17, 15) is 14.0 Å². The summed E-state index contributed by atoms with van der Waals surface area (Å²) in [7, 11) is 0. The normalized spacial score (nSPS) is 18.0. The van der Waals surface area contributed by atoms with Gasteiger partial charge in [-0.1, -0.05) is 12.1 Å². The molecule has 1 saturated heterocycles. The van der Waals surface area contributed by atoms with E-state index in [1.54, 1.807) is 36.5 Å². The summed E-state index contributed by atoms with van der Waals surface area (Å²) in [6, 6.07) is 12.0. The summed E-state index contributed by atoms with van der Waals surface area (Å²) < 4.78 is 15.6. The topological polar surface area (TPSA) is 58.4 Å². The van der Waals surface area contributed by atoms with Crippen LogP contribution in [0, 0.1) is 5.82 Å². The van der Waals surface area contributed by atoms with Crippen molar-refractivity contribution in [1.29, 1.82) is 0 Å². The molecular formula is C22H21FN4O2. The molecule has 0 N–H and O–H groups in total. The Balaban J connectivity index is 1.20. The molecule has 2 aliphatic rings.